The fourth-order valence-electron chi connectivity index (χ4n) is 3.17. The number of hydrogen-bond acceptors (Lipinski definition) is 3. The molecule has 1 unspecified atom stereocenters. The molecule has 1 aromatic heterocycles. The molecule has 0 saturated carbocycles. The minimum absolute atomic E-state index is 0.0457. The number of amides is 2. The number of aryl methyl sites for hydroxylation is 2. The molecular formula is C20H27N3OS. The number of nitrogens with zero attached hydrogens (tertiary/aromatic N) is 2. The Bertz CT molecular complexity index is 710. The maximum atomic E-state index is 12.6. The molecule has 1 fully saturated rings. The maximum Gasteiger partial charge on any atom is 0.317 e. The third kappa shape index (κ3) is 4.54. The molecular weight excluding hydrogens is 330 g/mol. The molecule has 2 amide bonds. The van der Waals surface area contributed by atoms with Gasteiger partial charge >= 0.3 is 6.03 Å². The molecule has 3 rings (SSSR count). The van der Waals surface area contributed by atoms with Crippen molar-refractivity contribution in [2.45, 2.75) is 33.2 Å². The van der Waals surface area contributed by atoms with Crippen LogP contribution in [0, 0.1) is 13.8 Å². The highest BCUT2D eigenvalue weighted by molar-refractivity contribution is 7.12. The van der Waals surface area contributed by atoms with Gasteiger partial charge in [0.05, 0.1) is 6.04 Å². The van der Waals surface area contributed by atoms with Crippen molar-refractivity contribution in [1.29, 1.82) is 0 Å². The summed E-state index contributed by atoms with van der Waals surface area (Å²) < 4.78 is 0. The SMILES string of the molecule is Cc1ccc(N2CCCN(C(=O)NC(C)c3ccc(C)s3)CC2)cc1. The van der Waals surface area contributed by atoms with Crippen LogP contribution in [0.25, 0.3) is 0 Å². The van der Waals surface area contributed by atoms with Crippen molar-refractivity contribution in [2.24, 2.45) is 0 Å². The Morgan fingerprint density at radius 3 is 2.48 bits per heavy atom. The Morgan fingerprint density at radius 1 is 1.04 bits per heavy atom. The monoisotopic (exact) mass is 357 g/mol. The molecule has 0 radical (unpaired) electrons. The first kappa shape index (κ1) is 17.8. The number of rotatable bonds is 3. The fraction of sp³-hybridized carbons (Fsp3) is 0.450. The molecule has 5 heteroatoms. The van der Waals surface area contributed by atoms with Gasteiger partial charge in [-0.25, -0.2) is 4.79 Å². The number of carbonyl (C=O) groups is 1. The van der Waals surface area contributed by atoms with E-state index < -0.39 is 0 Å². The Kier molecular flexibility index (Phi) is 5.63. The zero-order chi connectivity index (χ0) is 17.8. The van der Waals surface area contributed by atoms with Gasteiger partial charge in [0.25, 0.3) is 0 Å². The van der Waals surface area contributed by atoms with Crippen LogP contribution in [-0.4, -0.2) is 37.1 Å². The fourth-order valence-corrected chi connectivity index (χ4v) is 4.05. The van der Waals surface area contributed by atoms with Gasteiger partial charge in [0.2, 0.25) is 0 Å². The average Bonchev–Trinajstić information content (AvgIpc) is 2.88. The molecule has 1 aliphatic heterocycles. The smallest absolute Gasteiger partial charge is 0.317 e. The highest BCUT2D eigenvalue weighted by atomic mass is 32.1. The van der Waals surface area contributed by atoms with Crippen LogP contribution in [0.4, 0.5) is 10.5 Å². The minimum Gasteiger partial charge on any atom is -0.370 e. The van der Waals surface area contributed by atoms with Gasteiger partial charge < -0.3 is 15.1 Å². The molecule has 1 aliphatic rings. The third-order valence-electron chi connectivity index (χ3n) is 4.71. The average molecular weight is 358 g/mol. The lowest BCUT2D eigenvalue weighted by molar-refractivity contribution is 0.198. The highest BCUT2D eigenvalue weighted by Crippen LogP contribution is 2.23. The van der Waals surface area contributed by atoms with Crippen molar-refractivity contribution in [3.05, 3.63) is 51.7 Å². The Hall–Kier alpha value is -2.01. The van der Waals surface area contributed by atoms with Crippen LogP contribution in [0.2, 0.25) is 0 Å². The number of urea groups is 1. The predicted octanol–water partition coefficient (Wildman–Crippen LogP) is 4.35. The molecule has 2 aromatic rings. The third-order valence-corrected chi connectivity index (χ3v) is 5.89. The van der Waals surface area contributed by atoms with Gasteiger partial charge in [0, 0.05) is 41.6 Å². The Labute approximate surface area is 154 Å². The normalized spacial score (nSPS) is 16.4. The summed E-state index contributed by atoms with van der Waals surface area (Å²) in [6.07, 6.45) is 0.994. The van der Waals surface area contributed by atoms with Crippen LogP contribution < -0.4 is 10.2 Å². The number of anilines is 1. The quantitative estimate of drug-likeness (QED) is 0.886. The number of hydrogen-bond donors (Lipinski definition) is 1. The highest BCUT2D eigenvalue weighted by Gasteiger charge is 2.21. The summed E-state index contributed by atoms with van der Waals surface area (Å²) in [5.74, 6) is 0. The van der Waals surface area contributed by atoms with Crippen LogP contribution in [0.3, 0.4) is 0 Å². The van der Waals surface area contributed by atoms with Gasteiger partial charge in [-0.15, -0.1) is 11.3 Å². The summed E-state index contributed by atoms with van der Waals surface area (Å²) in [4.78, 5) is 19.4. The molecule has 1 saturated heterocycles. The minimum atomic E-state index is 0.0457. The summed E-state index contributed by atoms with van der Waals surface area (Å²) in [6, 6.07) is 13.0. The van der Waals surface area contributed by atoms with Crippen LogP contribution in [0.15, 0.2) is 36.4 Å². The number of benzene rings is 1. The number of carbonyl (C=O) groups excluding carboxylic acids is 1. The summed E-state index contributed by atoms with van der Waals surface area (Å²) in [6.45, 7) is 9.70. The first-order valence-corrected chi connectivity index (χ1v) is 9.78. The molecule has 1 aromatic carbocycles. The molecule has 1 N–H and O–H groups in total. The molecule has 2 heterocycles. The van der Waals surface area contributed by atoms with Crippen LogP contribution in [0.5, 0.6) is 0 Å². The number of nitrogens with one attached hydrogen (secondary N) is 1. The van der Waals surface area contributed by atoms with E-state index in [1.807, 2.05) is 4.90 Å². The molecule has 0 spiro atoms. The lowest BCUT2D eigenvalue weighted by Gasteiger charge is -2.25. The van der Waals surface area contributed by atoms with Gasteiger partial charge in [-0.1, -0.05) is 17.7 Å². The molecule has 25 heavy (non-hydrogen) atoms. The van der Waals surface area contributed by atoms with Gasteiger partial charge in [-0.3, -0.25) is 0 Å². The first-order chi connectivity index (χ1) is 12.0. The molecule has 1 atom stereocenters. The van der Waals surface area contributed by atoms with Crippen LogP contribution >= 0.6 is 11.3 Å². The van der Waals surface area contributed by atoms with Crippen molar-refractivity contribution < 1.29 is 4.79 Å². The molecule has 4 nitrogen and oxygen atoms in total. The zero-order valence-corrected chi connectivity index (χ0v) is 16.1. The largest absolute Gasteiger partial charge is 0.370 e. The predicted molar refractivity (Wildman–Crippen MR) is 106 cm³/mol. The van der Waals surface area contributed by atoms with E-state index in [4.69, 9.17) is 0 Å². The van der Waals surface area contributed by atoms with Crippen molar-refractivity contribution >= 4 is 23.1 Å². The lowest BCUT2D eigenvalue weighted by Crippen LogP contribution is -2.42. The van der Waals surface area contributed by atoms with Crippen molar-refractivity contribution in [1.82, 2.24) is 10.2 Å². The maximum absolute atomic E-state index is 12.6. The topological polar surface area (TPSA) is 35.6 Å². The molecule has 0 aliphatic carbocycles. The van der Waals surface area contributed by atoms with Crippen molar-refractivity contribution in [3.63, 3.8) is 0 Å². The second kappa shape index (κ2) is 7.91. The van der Waals surface area contributed by atoms with E-state index in [0.29, 0.717) is 0 Å². The number of thiophene rings is 1. The summed E-state index contributed by atoms with van der Waals surface area (Å²) in [5, 5.41) is 3.15. The van der Waals surface area contributed by atoms with E-state index in [1.165, 1.54) is 21.0 Å². The van der Waals surface area contributed by atoms with Crippen LogP contribution in [-0.2, 0) is 0 Å². The van der Waals surface area contributed by atoms with E-state index in [-0.39, 0.29) is 12.1 Å². The first-order valence-electron chi connectivity index (χ1n) is 8.96. The van der Waals surface area contributed by atoms with E-state index in [9.17, 15) is 4.79 Å². The van der Waals surface area contributed by atoms with Crippen LogP contribution in [0.1, 0.15) is 34.7 Å². The van der Waals surface area contributed by atoms with E-state index in [0.717, 1.165) is 32.6 Å². The van der Waals surface area contributed by atoms with Gasteiger partial charge in [0.1, 0.15) is 0 Å². The van der Waals surface area contributed by atoms with E-state index >= 15 is 0 Å². The Morgan fingerprint density at radius 2 is 1.80 bits per heavy atom. The summed E-state index contributed by atoms with van der Waals surface area (Å²) >= 11 is 1.75. The second-order valence-corrected chi connectivity index (χ2v) is 8.10. The molecule has 134 valence electrons. The van der Waals surface area contributed by atoms with E-state index in [2.05, 4.69) is 67.4 Å². The second-order valence-electron chi connectivity index (χ2n) is 6.78. The van der Waals surface area contributed by atoms with Gasteiger partial charge in [-0.2, -0.15) is 0 Å². The lowest BCUT2D eigenvalue weighted by atomic mass is 10.2. The van der Waals surface area contributed by atoms with Gasteiger partial charge in [-0.05, 0) is 51.5 Å². The molecule has 0 bridgehead atoms. The Balaban J connectivity index is 1.56. The van der Waals surface area contributed by atoms with E-state index in [1.54, 1.807) is 11.3 Å². The van der Waals surface area contributed by atoms with Gasteiger partial charge in [0.15, 0.2) is 0 Å². The zero-order valence-electron chi connectivity index (χ0n) is 15.3. The summed E-state index contributed by atoms with van der Waals surface area (Å²) in [7, 11) is 0. The van der Waals surface area contributed by atoms with Crippen molar-refractivity contribution in [2.75, 3.05) is 31.1 Å². The summed E-state index contributed by atoms with van der Waals surface area (Å²) in [5.41, 5.74) is 2.52. The van der Waals surface area contributed by atoms with Crippen molar-refractivity contribution in [3.8, 4) is 0 Å². The standard InChI is InChI=1S/C20H27N3OS/c1-15-5-8-18(9-6-15)22-11-4-12-23(14-13-22)20(24)21-17(3)19-10-7-16(2)25-19/h5-10,17H,4,11-14H2,1-3H3,(H,21,24).